The first-order valence-electron chi connectivity index (χ1n) is 8.41. The molecule has 2 aliphatic heterocycles. The summed E-state index contributed by atoms with van der Waals surface area (Å²) in [6.45, 7) is 4.57. The number of esters is 1. The summed E-state index contributed by atoms with van der Waals surface area (Å²) in [6, 6.07) is 7.19. The summed E-state index contributed by atoms with van der Waals surface area (Å²) < 4.78 is 49.6. The number of fused-ring (bicyclic) bond motifs is 2. The summed E-state index contributed by atoms with van der Waals surface area (Å²) in [4.78, 5) is 15.4. The van der Waals surface area contributed by atoms with Crippen molar-refractivity contribution in [3.05, 3.63) is 24.3 Å². The van der Waals surface area contributed by atoms with Crippen molar-refractivity contribution < 1.29 is 32.2 Å². The van der Waals surface area contributed by atoms with Crippen LogP contribution in [0.25, 0.3) is 10.2 Å². The van der Waals surface area contributed by atoms with Gasteiger partial charge in [0.2, 0.25) is 14.2 Å². The van der Waals surface area contributed by atoms with Crippen LogP contribution < -0.4 is 0 Å². The largest absolute Gasteiger partial charge is 0.463 e. The van der Waals surface area contributed by atoms with E-state index in [9.17, 15) is 13.2 Å². The van der Waals surface area contributed by atoms with Gasteiger partial charge in [0.25, 0.3) is 0 Å². The maximum absolute atomic E-state index is 13.2. The standard InChI is InChI=1S/C17H19NO7S2/c1-9(19)22-8-11-13-14(25-17(2,3)24-13)15(23-11)27(20,21)16-18-10-6-4-5-7-12(10)26-16/h4-7,11,13-15H,8H2,1-3H3/t11-,13-,14-,15+/m1/s1. The summed E-state index contributed by atoms with van der Waals surface area (Å²) in [5, 5.41) is 0. The topological polar surface area (TPSA) is 101 Å². The van der Waals surface area contributed by atoms with Gasteiger partial charge < -0.3 is 18.9 Å². The lowest BCUT2D eigenvalue weighted by molar-refractivity contribution is -0.184. The minimum Gasteiger partial charge on any atom is -0.463 e. The molecule has 2 aliphatic rings. The van der Waals surface area contributed by atoms with Crippen LogP contribution in [0.5, 0.6) is 0 Å². The second-order valence-electron chi connectivity index (χ2n) is 6.90. The van der Waals surface area contributed by atoms with Gasteiger partial charge in [-0.1, -0.05) is 12.1 Å². The number of rotatable bonds is 4. The van der Waals surface area contributed by atoms with Crippen molar-refractivity contribution in [3.63, 3.8) is 0 Å². The lowest BCUT2D eigenvalue weighted by Gasteiger charge is -2.23. The summed E-state index contributed by atoms with van der Waals surface area (Å²) in [5.41, 5.74) is -0.679. The van der Waals surface area contributed by atoms with Crippen LogP contribution in [0.15, 0.2) is 28.6 Å². The fraction of sp³-hybridized carbons (Fsp3) is 0.529. The van der Waals surface area contributed by atoms with Crippen molar-refractivity contribution in [1.29, 1.82) is 0 Å². The maximum Gasteiger partial charge on any atom is 0.302 e. The minimum atomic E-state index is -3.94. The zero-order valence-corrected chi connectivity index (χ0v) is 16.6. The molecule has 1 aromatic carbocycles. The predicted octanol–water partition coefficient (Wildman–Crippen LogP) is 1.88. The van der Waals surface area contributed by atoms with Gasteiger partial charge in [0.05, 0.1) is 10.2 Å². The molecule has 3 heterocycles. The quantitative estimate of drug-likeness (QED) is 0.701. The van der Waals surface area contributed by atoms with Gasteiger partial charge in [-0.15, -0.1) is 11.3 Å². The molecule has 0 unspecified atom stereocenters. The molecule has 8 nitrogen and oxygen atoms in total. The van der Waals surface area contributed by atoms with Crippen LogP contribution in [0.4, 0.5) is 0 Å². The second-order valence-corrected chi connectivity index (χ2v) is 10.1. The van der Waals surface area contributed by atoms with Crippen molar-refractivity contribution in [2.45, 2.75) is 54.6 Å². The van der Waals surface area contributed by atoms with Crippen LogP contribution in [0.1, 0.15) is 20.8 Å². The molecule has 0 saturated carbocycles. The Hall–Kier alpha value is -1.59. The van der Waals surface area contributed by atoms with Gasteiger partial charge in [-0.2, -0.15) is 0 Å². The average Bonchev–Trinajstić information content (AvgIpc) is 3.23. The van der Waals surface area contributed by atoms with E-state index in [1.165, 1.54) is 6.92 Å². The van der Waals surface area contributed by atoms with Gasteiger partial charge in [-0.3, -0.25) is 4.79 Å². The number of carbonyl (C=O) groups is 1. The molecule has 0 aliphatic carbocycles. The summed E-state index contributed by atoms with van der Waals surface area (Å²) in [7, 11) is -3.94. The van der Waals surface area contributed by atoms with Crippen LogP contribution in [0, 0.1) is 0 Å². The number of thiazole rings is 1. The Kier molecular flexibility index (Phi) is 4.51. The molecule has 27 heavy (non-hydrogen) atoms. The predicted molar refractivity (Wildman–Crippen MR) is 95.9 cm³/mol. The van der Waals surface area contributed by atoms with Crippen molar-refractivity contribution in [1.82, 2.24) is 4.98 Å². The highest BCUT2D eigenvalue weighted by molar-refractivity contribution is 7.94. The number of ether oxygens (including phenoxy) is 4. The molecule has 4 rings (SSSR count). The molecule has 0 bridgehead atoms. The van der Waals surface area contributed by atoms with Crippen LogP contribution in [-0.2, 0) is 33.6 Å². The molecule has 0 N–H and O–H groups in total. The highest BCUT2D eigenvalue weighted by Gasteiger charge is 2.60. The molecular formula is C17H19NO7S2. The lowest BCUT2D eigenvalue weighted by atomic mass is 10.1. The first-order valence-corrected chi connectivity index (χ1v) is 10.8. The van der Waals surface area contributed by atoms with Gasteiger partial charge in [-0.25, -0.2) is 13.4 Å². The van der Waals surface area contributed by atoms with Crippen molar-refractivity contribution in [3.8, 4) is 0 Å². The van der Waals surface area contributed by atoms with E-state index in [0.29, 0.717) is 5.52 Å². The number of nitrogens with zero attached hydrogens (tertiary/aromatic N) is 1. The third kappa shape index (κ3) is 3.36. The van der Waals surface area contributed by atoms with Gasteiger partial charge in [-0.05, 0) is 26.0 Å². The number of carbonyl (C=O) groups excluding carboxylic acids is 1. The number of para-hydroxylation sites is 1. The third-order valence-corrected chi connectivity index (χ3v) is 7.73. The SMILES string of the molecule is CC(=O)OC[C@H]1O[C@@H](S(=O)(=O)c2nc3ccccc3s2)[C@@H]2OC(C)(C)O[C@@H]21. The molecule has 146 valence electrons. The first-order chi connectivity index (χ1) is 12.7. The van der Waals surface area contributed by atoms with E-state index >= 15 is 0 Å². The molecule has 2 fully saturated rings. The first kappa shape index (κ1) is 18.8. The minimum absolute atomic E-state index is 0.0334. The van der Waals surface area contributed by atoms with Crippen molar-refractivity contribution in [2.75, 3.05) is 6.61 Å². The van der Waals surface area contributed by atoms with E-state index in [4.69, 9.17) is 18.9 Å². The van der Waals surface area contributed by atoms with E-state index < -0.39 is 45.3 Å². The summed E-state index contributed by atoms with van der Waals surface area (Å²) >= 11 is 1.08. The van der Waals surface area contributed by atoms with E-state index in [1.54, 1.807) is 26.0 Å². The highest BCUT2D eigenvalue weighted by Crippen LogP contribution is 2.42. The van der Waals surface area contributed by atoms with Crippen LogP contribution in [0.2, 0.25) is 0 Å². The Labute approximate surface area is 160 Å². The average molecular weight is 413 g/mol. The Balaban J connectivity index is 1.67. The van der Waals surface area contributed by atoms with E-state index in [0.717, 1.165) is 16.0 Å². The number of hydrogen-bond donors (Lipinski definition) is 0. The molecule has 4 atom stereocenters. The maximum atomic E-state index is 13.2. The zero-order chi connectivity index (χ0) is 19.4. The van der Waals surface area contributed by atoms with Gasteiger partial charge in [0, 0.05) is 6.92 Å². The van der Waals surface area contributed by atoms with Gasteiger partial charge >= 0.3 is 5.97 Å². The summed E-state index contributed by atoms with van der Waals surface area (Å²) in [6.07, 6.45) is -2.24. The van der Waals surface area contributed by atoms with Gasteiger partial charge in [0.1, 0.15) is 24.9 Å². The van der Waals surface area contributed by atoms with Crippen LogP contribution in [-0.4, -0.2) is 55.5 Å². The van der Waals surface area contributed by atoms with Crippen molar-refractivity contribution in [2.24, 2.45) is 0 Å². The third-order valence-electron chi connectivity index (χ3n) is 4.38. The number of benzene rings is 1. The fourth-order valence-electron chi connectivity index (χ4n) is 3.30. The molecule has 0 radical (unpaired) electrons. The van der Waals surface area contributed by atoms with Crippen LogP contribution in [0.3, 0.4) is 0 Å². The Bertz CT molecular complexity index is 951. The van der Waals surface area contributed by atoms with E-state index in [1.807, 2.05) is 12.1 Å². The normalized spacial score (nSPS) is 29.7. The monoisotopic (exact) mass is 413 g/mol. The van der Waals surface area contributed by atoms with Crippen molar-refractivity contribution >= 4 is 37.4 Å². The molecule has 1 aromatic heterocycles. The molecule has 2 saturated heterocycles. The second kappa shape index (κ2) is 6.49. The van der Waals surface area contributed by atoms with Gasteiger partial charge in [0.15, 0.2) is 11.2 Å². The number of aromatic nitrogens is 1. The number of sulfone groups is 1. The molecular weight excluding hydrogens is 394 g/mol. The summed E-state index contributed by atoms with van der Waals surface area (Å²) in [5.74, 6) is -1.44. The highest BCUT2D eigenvalue weighted by atomic mass is 32.2. The smallest absolute Gasteiger partial charge is 0.302 e. The molecule has 0 amide bonds. The van der Waals surface area contributed by atoms with E-state index in [-0.39, 0.29) is 10.9 Å². The Morgan fingerprint density at radius 1 is 1.26 bits per heavy atom. The molecule has 10 heteroatoms. The Morgan fingerprint density at radius 2 is 1.96 bits per heavy atom. The molecule has 0 spiro atoms. The van der Waals surface area contributed by atoms with E-state index in [2.05, 4.69) is 4.98 Å². The van der Waals surface area contributed by atoms with Crippen LogP contribution >= 0.6 is 11.3 Å². The fourth-order valence-corrected chi connectivity index (χ4v) is 6.29. The lowest BCUT2D eigenvalue weighted by Crippen LogP contribution is -2.35. The Morgan fingerprint density at radius 3 is 2.67 bits per heavy atom. The molecule has 2 aromatic rings. The number of hydrogen-bond acceptors (Lipinski definition) is 9. The zero-order valence-electron chi connectivity index (χ0n) is 14.9.